The molecule has 4 nitrogen and oxygen atoms in total. The van der Waals surface area contributed by atoms with Gasteiger partial charge in [-0.3, -0.25) is 4.79 Å². The van der Waals surface area contributed by atoms with E-state index in [2.05, 4.69) is 5.32 Å². The van der Waals surface area contributed by atoms with Gasteiger partial charge in [-0.1, -0.05) is 11.6 Å². The number of anilines is 1. The largest absolute Gasteiger partial charge is 0.464 e. The molecule has 0 saturated heterocycles. The van der Waals surface area contributed by atoms with Crippen molar-refractivity contribution in [2.24, 2.45) is 0 Å². The van der Waals surface area contributed by atoms with Gasteiger partial charge in [0.15, 0.2) is 0 Å². The van der Waals surface area contributed by atoms with Gasteiger partial charge in [0.25, 0.3) is 5.91 Å². The molecule has 5 heteroatoms. The van der Waals surface area contributed by atoms with Crippen LogP contribution >= 0.6 is 11.6 Å². The normalized spacial score (nSPS) is 12.0. The topological polar surface area (TPSA) is 45.5 Å². The number of rotatable bonds is 4. The highest BCUT2D eigenvalue weighted by atomic mass is 35.5. The molecular weight excluding hydrogens is 288 g/mol. The first-order chi connectivity index (χ1) is 9.88. The number of hydrogen-bond acceptors (Lipinski definition) is 3. The third-order valence-electron chi connectivity index (χ3n) is 3.18. The molecule has 1 unspecified atom stereocenters. The highest BCUT2D eigenvalue weighted by molar-refractivity contribution is 6.33. The fourth-order valence-electron chi connectivity index (χ4n) is 2.02. The van der Waals surface area contributed by atoms with E-state index in [1.807, 2.05) is 26.0 Å². The molecule has 0 fully saturated rings. The maximum absolute atomic E-state index is 12.0. The van der Waals surface area contributed by atoms with Crippen LogP contribution in [0.5, 0.6) is 0 Å². The van der Waals surface area contributed by atoms with Crippen molar-refractivity contribution in [2.75, 3.05) is 19.4 Å². The number of carbonyl (C=O) groups is 1. The average molecular weight is 307 g/mol. The second-order valence-electron chi connectivity index (χ2n) is 5.21. The van der Waals surface area contributed by atoms with Crippen molar-refractivity contribution in [3.8, 4) is 0 Å². The molecule has 1 amide bonds. The summed E-state index contributed by atoms with van der Waals surface area (Å²) in [4.78, 5) is 13.5. The van der Waals surface area contributed by atoms with E-state index in [-0.39, 0.29) is 11.9 Å². The van der Waals surface area contributed by atoms with Gasteiger partial charge in [0.05, 0.1) is 16.8 Å². The Morgan fingerprint density at radius 2 is 2.00 bits per heavy atom. The first-order valence-electron chi connectivity index (χ1n) is 6.72. The highest BCUT2D eigenvalue weighted by Crippen LogP contribution is 2.28. The molecule has 0 bridgehead atoms. The number of nitrogens with zero attached hydrogens (tertiary/aromatic N) is 1. The van der Waals surface area contributed by atoms with Crippen molar-refractivity contribution in [3.05, 3.63) is 52.4 Å². The molecule has 1 atom stereocenters. The molecule has 0 saturated carbocycles. The van der Waals surface area contributed by atoms with Crippen LogP contribution in [0.3, 0.4) is 0 Å². The van der Waals surface area contributed by atoms with Crippen molar-refractivity contribution in [2.45, 2.75) is 19.9 Å². The van der Waals surface area contributed by atoms with Crippen LogP contribution in [0.15, 0.2) is 34.7 Å². The quantitative estimate of drug-likeness (QED) is 0.924. The van der Waals surface area contributed by atoms with Gasteiger partial charge in [0.2, 0.25) is 0 Å². The van der Waals surface area contributed by atoms with Crippen LogP contribution in [0.1, 0.15) is 34.8 Å². The Balaban J connectivity index is 2.23. The second kappa shape index (κ2) is 6.22. The van der Waals surface area contributed by atoms with Gasteiger partial charge in [-0.2, -0.15) is 0 Å². The van der Waals surface area contributed by atoms with Crippen LogP contribution in [0.4, 0.5) is 5.69 Å². The molecule has 0 aliphatic rings. The van der Waals surface area contributed by atoms with Crippen LogP contribution in [-0.2, 0) is 0 Å². The zero-order valence-electron chi connectivity index (χ0n) is 12.6. The first-order valence-corrected chi connectivity index (χ1v) is 7.10. The molecule has 2 aromatic rings. The Morgan fingerprint density at radius 3 is 2.57 bits per heavy atom. The van der Waals surface area contributed by atoms with Gasteiger partial charge >= 0.3 is 0 Å². The summed E-state index contributed by atoms with van der Waals surface area (Å²) in [6, 6.07) is 9.01. The molecule has 1 aromatic heterocycles. The maximum atomic E-state index is 12.0. The molecule has 0 aliphatic carbocycles. The van der Waals surface area contributed by atoms with Crippen LogP contribution in [0.25, 0.3) is 0 Å². The summed E-state index contributed by atoms with van der Waals surface area (Å²) in [6.45, 7) is 3.88. The van der Waals surface area contributed by atoms with Gasteiger partial charge in [-0.25, -0.2) is 0 Å². The lowest BCUT2D eigenvalue weighted by atomic mass is 10.1. The van der Waals surface area contributed by atoms with Gasteiger partial charge in [0, 0.05) is 19.7 Å². The number of benzene rings is 1. The number of amides is 1. The Kier molecular flexibility index (Phi) is 4.58. The number of aryl methyl sites for hydroxylation is 1. The zero-order chi connectivity index (χ0) is 15.6. The minimum Gasteiger partial charge on any atom is -0.464 e. The van der Waals surface area contributed by atoms with E-state index < -0.39 is 0 Å². The number of halogens is 1. The Labute approximate surface area is 129 Å². The molecule has 0 aliphatic heterocycles. The minimum atomic E-state index is -0.0591. The first kappa shape index (κ1) is 15.4. The van der Waals surface area contributed by atoms with E-state index in [0.29, 0.717) is 16.3 Å². The lowest BCUT2D eigenvalue weighted by Gasteiger charge is -2.16. The van der Waals surface area contributed by atoms with Crippen molar-refractivity contribution < 1.29 is 9.21 Å². The molecule has 0 spiro atoms. The molecule has 1 N–H and O–H groups in total. The summed E-state index contributed by atoms with van der Waals surface area (Å²) in [5.41, 5.74) is 1.31. The van der Waals surface area contributed by atoms with Crippen LogP contribution in [0, 0.1) is 6.92 Å². The SMILES string of the molecule is Cc1ccc(C(C)Nc2cc(C(=O)N(C)C)ccc2Cl)o1. The predicted molar refractivity (Wildman–Crippen MR) is 85.0 cm³/mol. The smallest absolute Gasteiger partial charge is 0.253 e. The number of nitrogens with one attached hydrogen (secondary N) is 1. The van der Waals surface area contributed by atoms with E-state index in [1.165, 1.54) is 4.90 Å². The van der Waals surface area contributed by atoms with Gasteiger partial charge in [-0.15, -0.1) is 0 Å². The summed E-state index contributed by atoms with van der Waals surface area (Å²) in [5, 5.41) is 3.85. The van der Waals surface area contributed by atoms with Crippen molar-refractivity contribution in [1.29, 1.82) is 0 Å². The highest BCUT2D eigenvalue weighted by Gasteiger charge is 2.14. The fraction of sp³-hybridized carbons (Fsp3) is 0.312. The standard InChI is InChI=1S/C16H19ClN2O2/c1-10-5-8-15(21-10)11(2)18-14-9-12(6-7-13(14)17)16(20)19(3)4/h5-9,11,18H,1-4H3. The summed E-state index contributed by atoms with van der Waals surface area (Å²) in [6.07, 6.45) is 0. The monoisotopic (exact) mass is 306 g/mol. The van der Waals surface area contributed by atoms with Crippen molar-refractivity contribution in [3.63, 3.8) is 0 Å². The van der Waals surface area contributed by atoms with Gasteiger partial charge < -0.3 is 14.6 Å². The molecule has 21 heavy (non-hydrogen) atoms. The molecule has 0 radical (unpaired) electrons. The van der Waals surface area contributed by atoms with E-state index in [0.717, 1.165) is 11.5 Å². The summed E-state index contributed by atoms with van der Waals surface area (Å²) in [7, 11) is 3.44. The molecule has 112 valence electrons. The molecule has 1 aromatic carbocycles. The van der Waals surface area contributed by atoms with Crippen molar-refractivity contribution in [1.82, 2.24) is 4.90 Å². The molecule has 2 rings (SSSR count). The van der Waals surface area contributed by atoms with E-state index in [9.17, 15) is 4.79 Å². The van der Waals surface area contributed by atoms with E-state index in [1.54, 1.807) is 32.3 Å². The Hall–Kier alpha value is -1.94. The minimum absolute atomic E-state index is 0.0408. The Morgan fingerprint density at radius 1 is 1.29 bits per heavy atom. The van der Waals surface area contributed by atoms with Crippen LogP contribution in [0.2, 0.25) is 5.02 Å². The number of carbonyl (C=O) groups excluding carboxylic acids is 1. The number of hydrogen-bond donors (Lipinski definition) is 1. The van der Waals surface area contributed by atoms with E-state index in [4.69, 9.17) is 16.0 Å². The lowest BCUT2D eigenvalue weighted by molar-refractivity contribution is 0.0827. The number of furan rings is 1. The summed E-state index contributed by atoms with van der Waals surface area (Å²) >= 11 is 6.20. The average Bonchev–Trinajstić information content (AvgIpc) is 2.87. The van der Waals surface area contributed by atoms with Gasteiger partial charge in [-0.05, 0) is 44.2 Å². The zero-order valence-corrected chi connectivity index (χ0v) is 13.4. The van der Waals surface area contributed by atoms with Gasteiger partial charge in [0.1, 0.15) is 11.5 Å². The Bertz CT molecular complexity index is 649. The van der Waals surface area contributed by atoms with Crippen LogP contribution in [-0.4, -0.2) is 24.9 Å². The molecule has 1 heterocycles. The maximum Gasteiger partial charge on any atom is 0.253 e. The third-order valence-corrected chi connectivity index (χ3v) is 3.51. The van der Waals surface area contributed by atoms with Crippen LogP contribution < -0.4 is 5.32 Å². The fourth-order valence-corrected chi connectivity index (χ4v) is 2.19. The molecular formula is C16H19ClN2O2. The third kappa shape index (κ3) is 3.58. The lowest BCUT2D eigenvalue weighted by Crippen LogP contribution is -2.21. The van der Waals surface area contributed by atoms with E-state index >= 15 is 0 Å². The summed E-state index contributed by atoms with van der Waals surface area (Å²) < 4.78 is 5.59. The van der Waals surface area contributed by atoms with Crippen molar-refractivity contribution >= 4 is 23.2 Å². The predicted octanol–water partition coefficient (Wildman–Crippen LogP) is 4.12. The second-order valence-corrected chi connectivity index (χ2v) is 5.62. The summed E-state index contributed by atoms with van der Waals surface area (Å²) in [5.74, 6) is 1.63.